The van der Waals surface area contributed by atoms with E-state index in [1.54, 1.807) is 0 Å². The molecule has 0 unspecified atom stereocenters. The third kappa shape index (κ3) is 3.87. The highest BCUT2D eigenvalue weighted by Gasteiger charge is 2.22. The zero-order valence-corrected chi connectivity index (χ0v) is 12.9. The monoisotopic (exact) mass is 266 g/mol. The first-order valence-corrected chi connectivity index (χ1v) is 9.00. The highest BCUT2D eigenvalue weighted by Crippen LogP contribution is 2.34. The van der Waals surface area contributed by atoms with Gasteiger partial charge in [0.2, 0.25) is 9.04 Å². The first-order valence-electron chi connectivity index (χ1n) is 6.22. The molecule has 0 heterocycles. The van der Waals surface area contributed by atoms with Gasteiger partial charge in [-0.1, -0.05) is 39.0 Å². The van der Waals surface area contributed by atoms with Crippen LogP contribution >= 0.6 is 0 Å². The molecule has 1 aromatic carbocycles. The first-order chi connectivity index (χ1) is 8.21. The number of benzene rings is 1. The summed E-state index contributed by atoms with van der Waals surface area (Å²) in [5, 5.41) is 8.97. The minimum Gasteiger partial charge on any atom is -0.547 e. The fourth-order valence-electron chi connectivity index (χ4n) is 1.85. The maximum absolute atomic E-state index is 10.9. The maximum Gasteiger partial charge on any atom is 0.307 e. The maximum atomic E-state index is 10.9. The van der Waals surface area contributed by atoms with Gasteiger partial charge < -0.3 is 9.53 Å². The van der Waals surface area contributed by atoms with Crippen molar-refractivity contribution in [3.63, 3.8) is 0 Å². The lowest BCUT2D eigenvalue weighted by molar-refractivity contribution is -0.136. The molecule has 0 aliphatic carbocycles. The Bertz CT molecular complexity index is 433. The molecule has 18 heavy (non-hydrogen) atoms. The largest absolute Gasteiger partial charge is 0.547 e. The molecule has 0 radical (unpaired) electrons. The Hall–Kier alpha value is -1.29. The average molecular weight is 266 g/mol. The number of carboxylic acid groups (broad SMARTS) is 1. The van der Waals surface area contributed by atoms with Crippen LogP contribution in [0, 0.1) is 0 Å². The van der Waals surface area contributed by atoms with Crippen molar-refractivity contribution in [1.29, 1.82) is 0 Å². The van der Waals surface area contributed by atoms with Gasteiger partial charge in [-0.25, -0.2) is 0 Å². The molecule has 1 rings (SSSR count). The van der Waals surface area contributed by atoms with Gasteiger partial charge in [0.1, 0.15) is 5.75 Å². The second kappa shape index (κ2) is 5.57. The van der Waals surface area contributed by atoms with E-state index in [-0.39, 0.29) is 11.8 Å². The molecule has 1 N–H and O–H groups in total. The Morgan fingerprint density at radius 1 is 1.33 bits per heavy atom. The summed E-state index contributed by atoms with van der Waals surface area (Å²) in [6, 6.07) is 5.78. The molecular weight excluding hydrogens is 244 g/mol. The summed E-state index contributed by atoms with van der Waals surface area (Å²) in [6.07, 6.45) is 0.0143. The molecule has 0 spiro atoms. The molecule has 0 bridgehead atoms. The lowest BCUT2D eigenvalue weighted by atomic mass is 9.85. The summed E-state index contributed by atoms with van der Waals surface area (Å²) in [4.78, 5) is 10.9. The summed E-state index contributed by atoms with van der Waals surface area (Å²) in [5.41, 5.74) is 1.81. The summed E-state index contributed by atoms with van der Waals surface area (Å²) in [5.74, 6) is -0.0367. The number of hydrogen-bond acceptors (Lipinski definition) is 2. The van der Waals surface area contributed by atoms with Crippen molar-refractivity contribution in [1.82, 2.24) is 0 Å². The quantitative estimate of drug-likeness (QED) is 0.852. The zero-order valence-electron chi connectivity index (χ0n) is 11.8. The zero-order chi connectivity index (χ0) is 13.9. The standard InChI is InChI=1S/C14H22O3Si/c1-14(2,3)11-8-6-7-10(9-12(15)16)13(11)17-18(4)5/h6-8,18H,9H2,1-5H3,(H,15,16). The minimum atomic E-state index is -1.26. The summed E-state index contributed by atoms with van der Waals surface area (Å²) in [6.45, 7) is 10.5. The van der Waals surface area contributed by atoms with Gasteiger partial charge in [-0.3, -0.25) is 4.79 Å². The first kappa shape index (κ1) is 14.8. The van der Waals surface area contributed by atoms with Crippen molar-refractivity contribution in [2.45, 2.75) is 45.7 Å². The second-order valence-electron chi connectivity index (χ2n) is 5.78. The van der Waals surface area contributed by atoms with Gasteiger partial charge in [-0.2, -0.15) is 0 Å². The van der Waals surface area contributed by atoms with E-state index in [2.05, 4.69) is 33.9 Å². The van der Waals surface area contributed by atoms with Crippen LogP contribution in [0.2, 0.25) is 13.1 Å². The van der Waals surface area contributed by atoms with Gasteiger partial charge in [0.05, 0.1) is 6.42 Å². The van der Waals surface area contributed by atoms with Crippen LogP contribution in [0.5, 0.6) is 5.75 Å². The van der Waals surface area contributed by atoms with Crippen LogP contribution in [-0.4, -0.2) is 20.1 Å². The van der Waals surface area contributed by atoms with Gasteiger partial charge in [0.15, 0.2) is 0 Å². The van der Waals surface area contributed by atoms with E-state index >= 15 is 0 Å². The number of carbonyl (C=O) groups is 1. The summed E-state index contributed by atoms with van der Waals surface area (Å²) in [7, 11) is -1.26. The van der Waals surface area contributed by atoms with Crippen molar-refractivity contribution >= 4 is 15.0 Å². The molecule has 0 atom stereocenters. The van der Waals surface area contributed by atoms with E-state index in [1.165, 1.54) is 0 Å². The molecule has 0 saturated heterocycles. The van der Waals surface area contributed by atoms with Crippen LogP contribution in [0.3, 0.4) is 0 Å². The van der Waals surface area contributed by atoms with Gasteiger partial charge in [-0.05, 0) is 24.1 Å². The van der Waals surface area contributed by atoms with Crippen molar-refractivity contribution in [2.24, 2.45) is 0 Å². The molecule has 0 aliphatic heterocycles. The number of hydrogen-bond donors (Lipinski definition) is 1. The van der Waals surface area contributed by atoms with Crippen LogP contribution in [-0.2, 0) is 16.6 Å². The molecule has 0 aliphatic rings. The summed E-state index contributed by atoms with van der Waals surface area (Å²) >= 11 is 0. The van der Waals surface area contributed by atoms with Crippen LogP contribution in [0.1, 0.15) is 31.9 Å². The topological polar surface area (TPSA) is 46.5 Å². The molecule has 1 aromatic rings. The third-order valence-corrected chi connectivity index (χ3v) is 3.31. The lowest BCUT2D eigenvalue weighted by Crippen LogP contribution is -2.20. The molecular formula is C14H22O3Si. The van der Waals surface area contributed by atoms with Crippen molar-refractivity contribution in [3.05, 3.63) is 29.3 Å². The SMILES string of the molecule is C[SiH](C)Oc1c(CC(=O)O)cccc1C(C)(C)C. The Labute approximate surface area is 111 Å². The molecule has 3 nitrogen and oxygen atoms in total. The van der Waals surface area contributed by atoms with Gasteiger partial charge in [0.25, 0.3) is 0 Å². The summed E-state index contributed by atoms with van der Waals surface area (Å²) < 4.78 is 5.98. The van der Waals surface area contributed by atoms with E-state index in [0.717, 1.165) is 16.9 Å². The van der Waals surface area contributed by atoms with Gasteiger partial charge in [-0.15, -0.1) is 0 Å². The average Bonchev–Trinajstić information content (AvgIpc) is 2.17. The number of carboxylic acids is 1. The Morgan fingerprint density at radius 3 is 2.39 bits per heavy atom. The predicted octanol–water partition coefficient (Wildman–Crippen LogP) is 2.97. The molecule has 100 valence electrons. The van der Waals surface area contributed by atoms with Crippen LogP contribution < -0.4 is 4.43 Å². The normalized spacial score (nSPS) is 11.7. The van der Waals surface area contributed by atoms with Crippen molar-refractivity contribution in [3.8, 4) is 5.75 Å². The van der Waals surface area contributed by atoms with Crippen LogP contribution in [0.25, 0.3) is 0 Å². The van der Waals surface area contributed by atoms with Crippen molar-refractivity contribution < 1.29 is 14.3 Å². The molecule has 4 heteroatoms. The number of aliphatic carboxylic acids is 1. The second-order valence-corrected chi connectivity index (χ2v) is 8.11. The Balaban J connectivity index is 3.30. The smallest absolute Gasteiger partial charge is 0.307 e. The molecule has 0 fully saturated rings. The van der Waals surface area contributed by atoms with Crippen LogP contribution in [0.4, 0.5) is 0 Å². The molecule has 0 aromatic heterocycles. The predicted molar refractivity (Wildman–Crippen MR) is 76.0 cm³/mol. The van der Waals surface area contributed by atoms with Crippen LogP contribution in [0.15, 0.2) is 18.2 Å². The van der Waals surface area contributed by atoms with E-state index in [4.69, 9.17) is 9.53 Å². The molecule has 0 amide bonds. The fourth-order valence-corrected chi connectivity index (χ4v) is 2.60. The van der Waals surface area contributed by atoms with E-state index in [0.29, 0.717) is 0 Å². The van der Waals surface area contributed by atoms with Gasteiger partial charge >= 0.3 is 5.97 Å². The fraction of sp³-hybridized carbons (Fsp3) is 0.500. The lowest BCUT2D eigenvalue weighted by Gasteiger charge is -2.26. The third-order valence-electron chi connectivity index (χ3n) is 2.60. The Morgan fingerprint density at radius 2 is 1.94 bits per heavy atom. The minimum absolute atomic E-state index is 0.0143. The highest BCUT2D eigenvalue weighted by atomic mass is 28.3. The van der Waals surface area contributed by atoms with E-state index in [9.17, 15) is 4.79 Å². The van der Waals surface area contributed by atoms with Gasteiger partial charge in [0, 0.05) is 5.56 Å². The Kier molecular flexibility index (Phi) is 4.57. The highest BCUT2D eigenvalue weighted by molar-refractivity contribution is 6.49. The number of rotatable bonds is 4. The number of para-hydroxylation sites is 1. The van der Waals surface area contributed by atoms with E-state index in [1.807, 2.05) is 18.2 Å². The van der Waals surface area contributed by atoms with Crippen molar-refractivity contribution in [2.75, 3.05) is 0 Å². The van der Waals surface area contributed by atoms with E-state index < -0.39 is 15.0 Å². The molecule has 0 saturated carbocycles.